The van der Waals surface area contributed by atoms with Crippen LogP contribution in [0.2, 0.25) is 0 Å². The lowest BCUT2D eigenvalue weighted by atomic mass is 10.00. The van der Waals surface area contributed by atoms with Crippen LogP contribution in [0.3, 0.4) is 0 Å². The second-order valence-electron chi connectivity index (χ2n) is 3.18. The molecule has 70 valence electrons. The van der Waals surface area contributed by atoms with Crippen molar-refractivity contribution in [1.29, 1.82) is 0 Å². The number of thioether (sulfide) groups is 1. The average Bonchev–Trinajstić information content (AvgIpc) is 2.19. The Hall–Kier alpha value is -0.690. The monoisotopic (exact) mass is 192 g/mol. The minimum absolute atomic E-state index is 0.121. The molecule has 0 amide bonds. The van der Waals surface area contributed by atoms with Crippen LogP contribution in [-0.4, -0.2) is 6.26 Å². The summed E-state index contributed by atoms with van der Waals surface area (Å²) in [5, 5.41) is 0. The minimum Gasteiger partial charge on any atom is -0.150 e. The Labute approximate surface area is 85.1 Å². The molecule has 13 heavy (non-hydrogen) atoms. The van der Waals surface area contributed by atoms with Crippen molar-refractivity contribution in [3.05, 3.63) is 48.0 Å². The number of hydrogen-bond donors (Lipinski definition) is 0. The van der Waals surface area contributed by atoms with E-state index in [1.807, 2.05) is 11.8 Å². The second-order valence-corrected chi connectivity index (χ2v) is 4.43. The summed E-state index contributed by atoms with van der Waals surface area (Å²) >= 11 is 1.86. The van der Waals surface area contributed by atoms with Gasteiger partial charge in [0.1, 0.15) is 0 Å². The van der Waals surface area contributed by atoms with E-state index in [2.05, 4.69) is 62.6 Å². The Balaban J connectivity index is 3.03. The van der Waals surface area contributed by atoms with Crippen LogP contribution in [0.15, 0.2) is 42.5 Å². The Morgan fingerprint density at radius 2 is 1.85 bits per heavy atom. The number of benzene rings is 1. The van der Waals surface area contributed by atoms with Crippen molar-refractivity contribution in [2.45, 2.75) is 18.6 Å². The SMILES string of the molecule is CC=CC(C)(SC)c1ccccc1. The lowest BCUT2D eigenvalue weighted by Crippen LogP contribution is -2.12. The highest BCUT2D eigenvalue weighted by molar-refractivity contribution is 7.99. The van der Waals surface area contributed by atoms with E-state index in [4.69, 9.17) is 0 Å². The average molecular weight is 192 g/mol. The summed E-state index contributed by atoms with van der Waals surface area (Å²) in [6.07, 6.45) is 6.50. The first-order valence-corrected chi connectivity index (χ1v) is 5.70. The standard InChI is InChI=1S/C12H16S/c1-4-10-12(2,13-3)11-8-6-5-7-9-11/h4-10H,1-3H3. The molecule has 0 saturated carbocycles. The summed E-state index contributed by atoms with van der Waals surface area (Å²) in [5.41, 5.74) is 1.36. The summed E-state index contributed by atoms with van der Waals surface area (Å²) in [4.78, 5) is 0. The van der Waals surface area contributed by atoms with Gasteiger partial charge in [-0.15, -0.1) is 11.8 Å². The van der Waals surface area contributed by atoms with Crippen molar-refractivity contribution in [3.8, 4) is 0 Å². The van der Waals surface area contributed by atoms with Gasteiger partial charge in [-0.1, -0.05) is 42.5 Å². The van der Waals surface area contributed by atoms with Gasteiger partial charge < -0.3 is 0 Å². The minimum atomic E-state index is 0.121. The normalized spacial score (nSPS) is 15.9. The van der Waals surface area contributed by atoms with Crippen molar-refractivity contribution in [1.82, 2.24) is 0 Å². The fourth-order valence-electron chi connectivity index (χ4n) is 1.37. The zero-order valence-electron chi connectivity index (χ0n) is 8.45. The highest BCUT2D eigenvalue weighted by Gasteiger charge is 2.20. The molecule has 0 N–H and O–H groups in total. The molecule has 0 nitrogen and oxygen atoms in total. The number of rotatable bonds is 3. The summed E-state index contributed by atoms with van der Waals surface area (Å²) in [7, 11) is 0. The third-order valence-corrected chi connectivity index (χ3v) is 3.48. The molecule has 1 aromatic rings. The molecular formula is C12H16S. The Bertz CT molecular complexity index is 276. The topological polar surface area (TPSA) is 0 Å². The van der Waals surface area contributed by atoms with Crippen LogP contribution in [0.4, 0.5) is 0 Å². The molecular weight excluding hydrogens is 176 g/mol. The molecule has 0 bridgehead atoms. The molecule has 0 aliphatic carbocycles. The van der Waals surface area contributed by atoms with Gasteiger partial charge in [0.05, 0.1) is 4.75 Å². The van der Waals surface area contributed by atoms with Crippen molar-refractivity contribution in [2.24, 2.45) is 0 Å². The van der Waals surface area contributed by atoms with Crippen LogP contribution in [0.1, 0.15) is 19.4 Å². The molecule has 0 saturated heterocycles. The van der Waals surface area contributed by atoms with Crippen molar-refractivity contribution >= 4 is 11.8 Å². The second kappa shape index (κ2) is 4.52. The van der Waals surface area contributed by atoms with Crippen LogP contribution >= 0.6 is 11.8 Å². The highest BCUT2D eigenvalue weighted by atomic mass is 32.2. The highest BCUT2D eigenvalue weighted by Crippen LogP contribution is 2.35. The first-order valence-electron chi connectivity index (χ1n) is 4.47. The van der Waals surface area contributed by atoms with Gasteiger partial charge >= 0.3 is 0 Å². The van der Waals surface area contributed by atoms with Gasteiger partial charge in [-0.3, -0.25) is 0 Å². The van der Waals surface area contributed by atoms with Crippen LogP contribution in [0.25, 0.3) is 0 Å². The number of allylic oxidation sites excluding steroid dienone is 1. The fraction of sp³-hybridized carbons (Fsp3) is 0.333. The molecule has 0 aromatic heterocycles. The molecule has 0 heterocycles. The molecule has 0 fully saturated rings. The lowest BCUT2D eigenvalue weighted by Gasteiger charge is -2.24. The predicted octanol–water partition coefficient (Wildman–Crippen LogP) is 3.84. The molecule has 0 aliphatic rings. The van der Waals surface area contributed by atoms with Gasteiger partial charge in [-0.25, -0.2) is 0 Å². The van der Waals surface area contributed by atoms with E-state index in [9.17, 15) is 0 Å². The van der Waals surface area contributed by atoms with E-state index in [1.54, 1.807) is 0 Å². The van der Waals surface area contributed by atoms with E-state index in [0.29, 0.717) is 0 Å². The Kier molecular flexibility index (Phi) is 3.61. The van der Waals surface area contributed by atoms with Crippen LogP contribution in [0, 0.1) is 0 Å². The summed E-state index contributed by atoms with van der Waals surface area (Å²) < 4.78 is 0.121. The Morgan fingerprint density at radius 3 is 2.31 bits per heavy atom. The summed E-state index contributed by atoms with van der Waals surface area (Å²) in [6.45, 7) is 4.31. The molecule has 0 radical (unpaired) electrons. The van der Waals surface area contributed by atoms with E-state index in [0.717, 1.165) is 0 Å². The smallest absolute Gasteiger partial charge is 0.0556 e. The molecule has 1 unspecified atom stereocenters. The van der Waals surface area contributed by atoms with Crippen molar-refractivity contribution in [2.75, 3.05) is 6.26 Å². The van der Waals surface area contributed by atoms with E-state index in [-0.39, 0.29) is 4.75 Å². The van der Waals surface area contributed by atoms with E-state index >= 15 is 0 Å². The van der Waals surface area contributed by atoms with E-state index in [1.165, 1.54) is 5.56 Å². The van der Waals surface area contributed by atoms with Crippen LogP contribution in [-0.2, 0) is 4.75 Å². The third-order valence-electron chi connectivity index (χ3n) is 2.26. The van der Waals surface area contributed by atoms with Crippen LogP contribution < -0.4 is 0 Å². The third kappa shape index (κ3) is 2.38. The van der Waals surface area contributed by atoms with Crippen molar-refractivity contribution < 1.29 is 0 Å². The first-order chi connectivity index (χ1) is 6.23. The number of hydrogen-bond acceptors (Lipinski definition) is 1. The molecule has 1 aromatic carbocycles. The zero-order chi connectivity index (χ0) is 9.73. The summed E-state index contributed by atoms with van der Waals surface area (Å²) in [5.74, 6) is 0. The lowest BCUT2D eigenvalue weighted by molar-refractivity contribution is 0.881. The molecule has 1 atom stereocenters. The largest absolute Gasteiger partial charge is 0.150 e. The maximum absolute atomic E-state index is 2.24. The van der Waals surface area contributed by atoms with Gasteiger partial charge in [-0.2, -0.15) is 0 Å². The van der Waals surface area contributed by atoms with Gasteiger partial charge in [-0.05, 0) is 25.7 Å². The van der Waals surface area contributed by atoms with Crippen LogP contribution in [0.5, 0.6) is 0 Å². The molecule has 0 spiro atoms. The van der Waals surface area contributed by atoms with Crippen molar-refractivity contribution in [3.63, 3.8) is 0 Å². The van der Waals surface area contributed by atoms with Gasteiger partial charge in [0.2, 0.25) is 0 Å². The maximum atomic E-state index is 2.24. The quantitative estimate of drug-likeness (QED) is 0.656. The predicted molar refractivity (Wildman–Crippen MR) is 62.1 cm³/mol. The fourth-order valence-corrected chi connectivity index (χ4v) is 2.01. The zero-order valence-corrected chi connectivity index (χ0v) is 9.27. The van der Waals surface area contributed by atoms with Gasteiger partial charge in [0.15, 0.2) is 0 Å². The summed E-state index contributed by atoms with van der Waals surface area (Å²) in [6, 6.07) is 10.6. The first kappa shape index (κ1) is 10.4. The Morgan fingerprint density at radius 1 is 1.23 bits per heavy atom. The van der Waals surface area contributed by atoms with Gasteiger partial charge in [0.25, 0.3) is 0 Å². The molecule has 1 rings (SSSR count). The van der Waals surface area contributed by atoms with Gasteiger partial charge in [0, 0.05) is 0 Å². The molecule has 0 aliphatic heterocycles. The van der Waals surface area contributed by atoms with E-state index < -0.39 is 0 Å². The molecule has 1 heteroatoms. The maximum Gasteiger partial charge on any atom is 0.0556 e.